The molecule has 0 aliphatic heterocycles. The van der Waals surface area contributed by atoms with E-state index in [0.717, 1.165) is 0 Å². The van der Waals surface area contributed by atoms with E-state index in [4.69, 9.17) is 0 Å². The van der Waals surface area contributed by atoms with Gasteiger partial charge in [0.2, 0.25) is 0 Å². The highest BCUT2D eigenvalue weighted by atomic mass is 16.5. The van der Waals surface area contributed by atoms with Crippen molar-refractivity contribution in [2.24, 2.45) is 5.92 Å². The van der Waals surface area contributed by atoms with Crippen LogP contribution in [0.5, 0.6) is 0 Å². The van der Waals surface area contributed by atoms with Gasteiger partial charge in [0.15, 0.2) is 0 Å². The van der Waals surface area contributed by atoms with Gasteiger partial charge >= 0.3 is 11.9 Å². The quantitative estimate of drug-likeness (QED) is 0.558. The van der Waals surface area contributed by atoms with Crippen LogP contribution in [0.25, 0.3) is 0 Å². The normalized spacial score (nSPS) is 20.5. The van der Waals surface area contributed by atoms with Gasteiger partial charge in [-0.1, -0.05) is 6.08 Å². The first kappa shape index (κ1) is 8.77. The van der Waals surface area contributed by atoms with Gasteiger partial charge < -0.3 is 9.47 Å². The minimum Gasteiger partial charge on any atom is -0.469 e. The highest BCUT2D eigenvalue weighted by Crippen LogP contribution is 2.28. The van der Waals surface area contributed by atoms with Gasteiger partial charge in [-0.15, -0.1) is 0 Å². The molecule has 0 saturated carbocycles. The number of rotatable bonds is 2. The number of carbonyl (C=O) groups excluding carboxylic acids is 2. The summed E-state index contributed by atoms with van der Waals surface area (Å²) in [6, 6.07) is 0. The second-order valence-corrected chi connectivity index (χ2v) is 2.46. The Labute approximate surface area is 70.1 Å². The van der Waals surface area contributed by atoms with Crippen LogP contribution in [-0.4, -0.2) is 26.2 Å². The van der Waals surface area contributed by atoms with Gasteiger partial charge in [-0.05, 0) is 6.42 Å². The number of methoxy groups -OCH3 is 2. The third-order valence-electron chi connectivity index (χ3n) is 1.86. The molecule has 1 aliphatic carbocycles. The van der Waals surface area contributed by atoms with Crippen LogP contribution >= 0.6 is 0 Å². The lowest BCUT2D eigenvalue weighted by molar-refractivity contribution is -0.148. The second kappa shape index (κ2) is 3.38. The van der Waals surface area contributed by atoms with Gasteiger partial charge in [-0.25, -0.2) is 4.79 Å². The van der Waals surface area contributed by atoms with Gasteiger partial charge in [0.1, 0.15) is 0 Å². The predicted octanol–water partition coefficient (Wildman–Crippen LogP) is 0.279. The summed E-state index contributed by atoms with van der Waals surface area (Å²) in [5.74, 6) is -1.24. The Morgan fingerprint density at radius 1 is 1.42 bits per heavy atom. The van der Waals surface area contributed by atoms with E-state index in [-0.39, 0.29) is 5.97 Å². The van der Waals surface area contributed by atoms with Gasteiger partial charge in [0.05, 0.1) is 20.1 Å². The zero-order valence-electron chi connectivity index (χ0n) is 6.99. The summed E-state index contributed by atoms with van der Waals surface area (Å²) in [4.78, 5) is 21.9. The molecule has 0 saturated heterocycles. The summed E-state index contributed by atoms with van der Waals surface area (Å²) in [5.41, 5.74) is 0.407. The predicted molar refractivity (Wildman–Crippen MR) is 40.2 cm³/mol. The summed E-state index contributed by atoms with van der Waals surface area (Å²) in [5, 5.41) is 0. The first-order valence-corrected chi connectivity index (χ1v) is 3.57. The molecule has 1 rings (SSSR count). The molecule has 4 heteroatoms. The number of hydrogen-bond donors (Lipinski definition) is 0. The summed E-state index contributed by atoms with van der Waals surface area (Å²) >= 11 is 0. The molecule has 0 aromatic carbocycles. The van der Waals surface area contributed by atoms with Crippen molar-refractivity contribution in [3.8, 4) is 0 Å². The lowest BCUT2D eigenvalue weighted by Gasteiger charge is -2.22. The van der Waals surface area contributed by atoms with E-state index in [2.05, 4.69) is 9.47 Å². The van der Waals surface area contributed by atoms with Gasteiger partial charge in [-0.2, -0.15) is 0 Å². The molecule has 0 spiro atoms. The topological polar surface area (TPSA) is 52.6 Å². The molecule has 0 radical (unpaired) electrons. The Kier molecular flexibility index (Phi) is 2.47. The van der Waals surface area contributed by atoms with Crippen LogP contribution in [-0.2, 0) is 19.1 Å². The Balaban J connectivity index is 2.60. The van der Waals surface area contributed by atoms with Crippen LogP contribution in [0, 0.1) is 5.92 Å². The highest BCUT2D eigenvalue weighted by Gasteiger charge is 2.34. The van der Waals surface area contributed by atoms with E-state index < -0.39 is 11.9 Å². The van der Waals surface area contributed by atoms with Gasteiger partial charge in [0.25, 0.3) is 0 Å². The number of carbonyl (C=O) groups is 2. The number of esters is 2. The number of allylic oxidation sites excluding steroid dienone is 1. The zero-order chi connectivity index (χ0) is 9.14. The lowest BCUT2D eigenvalue weighted by atomic mass is 9.85. The molecule has 12 heavy (non-hydrogen) atoms. The van der Waals surface area contributed by atoms with Crippen molar-refractivity contribution in [2.75, 3.05) is 14.2 Å². The third-order valence-corrected chi connectivity index (χ3v) is 1.86. The molecule has 1 aliphatic rings. The molecule has 0 aromatic heterocycles. The molecule has 0 bridgehead atoms. The average Bonchev–Trinajstić information content (AvgIpc) is 2.02. The minimum absolute atomic E-state index is 0.377. The molecular weight excluding hydrogens is 160 g/mol. The molecule has 0 heterocycles. The smallest absolute Gasteiger partial charge is 0.334 e. The van der Waals surface area contributed by atoms with Crippen LogP contribution in [0.1, 0.15) is 6.42 Å². The summed E-state index contributed by atoms with van der Waals surface area (Å²) in [6.45, 7) is 0. The van der Waals surface area contributed by atoms with Crippen LogP contribution in [0.2, 0.25) is 0 Å². The molecular formula is C8H10O4. The van der Waals surface area contributed by atoms with Crippen LogP contribution < -0.4 is 0 Å². The summed E-state index contributed by atoms with van der Waals surface area (Å²) in [7, 11) is 2.59. The fourth-order valence-electron chi connectivity index (χ4n) is 1.06. The van der Waals surface area contributed by atoms with Crippen molar-refractivity contribution in [3.05, 3.63) is 11.6 Å². The van der Waals surface area contributed by atoms with E-state index in [1.165, 1.54) is 14.2 Å². The molecule has 1 unspecified atom stereocenters. The molecule has 0 fully saturated rings. The van der Waals surface area contributed by atoms with Crippen LogP contribution in [0.4, 0.5) is 0 Å². The van der Waals surface area contributed by atoms with Crippen molar-refractivity contribution < 1.29 is 19.1 Å². The highest BCUT2D eigenvalue weighted by molar-refractivity contribution is 5.97. The first-order chi connectivity index (χ1) is 5.70. The maximum Gasteiger partial charge on any atom is 0.334 e. The monoisotopic (exact) mass is 170 g/mol. The molecule has 1 atom stereocenters. The largest absolute Gasteiger partial charge is 0.469 e. The van der Waals surface area contributed by atoms with Crippen molar-refractivity contribution >= 4 is 11.9 Å². The van der Waals surface area contributed by atoms with Crippen LogP contribution in [0.15, 0.2) is 11.6 Å². The third kappa shape index (κ3) is 1.32. The van der Waals surface area contributed by atoms with E-state index in [1.54, 1.807) is 6.08 Å². The second-order valence-electron chi connectivity index (χ2n) is 2.46. The Bertz CT molecular complexity index is 241. The Hall–Kier alpha value is -1.32. The maximum absolute atomic E-state index is 11.0. The molecule has 66 valence electrons. The fraction of sp³-hybridized carbons (Fsp3) is 0.500. The number of ether oxygens (including phenoxy) is 2. The molecule has 0 aromatic rings. The van der Waals surface area contributed by atoms with E-state index in [9.17, 15) is 9.59 Å². The zero-order valence-corrected chi connectivity index (χ0v) is 6.99. The van der Waals surface area contributed by atoms with Crippen LogP contribution in [0.3, 0.4) is 0 Å². The standard InChI is InChI=1S/C8H10O4/c1-11-7(9)5-3-4-6(5)8(10)12-2/h3,6H,4H2,1-2H3. The van der Waals surface area contributed by atoms with E-state index in [0.29, 0.717) is 12.0 Å². The van der Waals surface area contributed by atoms with Gasteiger partial charge in [-0.3, -0.25) is 4.79 Å². The van der Waals surface area contributed by atoms with Crippen molar-refractivity contribution in [3.63, 3.8) is 0 Å². The van der Waals surface area contributed by atoms with Gasteiger partial charge in [0, 0.05) is 5.57 Å². The summed E-state index contributed by atoms with van der Waals surface area (Å²) in [6.07, 6.45) is 2.24. The Morgan fingerprint density at radius 2 is 2.08 bits per heavy atom. The maximum atomic E-state index is 11.0. The molecule has 4 nitrogen and oxygen atoms in total. The lowest BCUT2D eigenvalue weighted by Crippen LogP contribution is -2.29. The van der Waals surface area contributed by atoms with E-state index in [1.807, 2.05) is 0 Å². The summed E-state index contributed by atoms with van der Waals surface area (Å²) < 4.78 is 8.96. The Morgan fingerprint density at radius 3 is 2.42 bits per heavy atom. The molecule has 0 amide bonds. The van der Waals surface area contributed by atoms with E-state index >= 15 is 0 Å². The fourth-order valence-corrected chi connectivity index (χ4v) is 1.06. The molecule has 0 N–H and O–H groups in total. The van der Waals surface area contributed by atoms with Crippen molar-refractivity contribution in [1.29, 1.82) is 0 Å². The average molecular weight is 170 g/mol. The van der Waals surface area contributed by atoms with Crippen molar-refractivity contribution in [2.45, 2.75) is 6.42 Å². The SMILES string of the molecule is COC(=O)C1=CCC1C(=O)OC. The first-order valence-electron chi connectivity index (χ1n) is 3.57. The van der Waals surface area contributed by atoms with Crippen molar-refractivity contribution in [1.82, 2.24) is 0 Å². The minimum atomic E-state index is -0.448. The number of hydrogen-bond acceptors (Lipinski definition) is 4.